The quantitative estimate of drug-likeness (QED) is 0.239. The lowest BCUT2D eigenvalue weighted by atomic mass is 9.81. The number of aryl methyl sites for hydroxylation is 2. The van der Waals surface area contributed by atoms with Crippen LogP contribution in [0.4, 0.5) is 8.78 Å². The molecule has 3 atom stereocenters. The van der Waals surface area contributed by atoms with Crippen LogP contribution < -0.4 is 15.1 Å². The van der Waals surface area contributed by atoms with Crippen molar-refractivity contribution in [1.82, 2.24) is 9.97 Å². The minimum atomic E-state index is -1.62. The summed E-state index contributed by atoms with van der Waals surface area (Å²) >= 11 is 0. The van der Waals surface area contributed by atoms with Crippen molar-refractivity contribution >= 4 is 19.4 Å². The van der Waals surface area contributed by atoms with Gasteiger partial charge >= 0.3 is 0 Å². The Morgan fingerprint density at radius 1 is 0.925 bits per heavy atom. The van der Waals surface area contributed by atoms with E-state index in [2.05, 4.69) is 55.0 Å². The fraction of sp³-hybridized carbons (Fsp3) is 0.333. The van der Waals surface area contributed by atoms with Crippen LogP contribution in [-0.4, -0.2) is 31.7 Å². The normalized spacial score (nSPS) is 19.4. The van der Waals surface area contributed by atoms with Crippen LogP contribution in [0.2, 0.25) is 0 Å². The first-order valence-electron chi connectivity index (χ1n) is 13.6. The zero-order chi connectivity index (χ0) is 28.5. The van der Waals surface area contributed by atoms with Crippen molar-refractivity contribution in [2.75, 3.05) is 6.61 Å². The van der Waals surface area contributed by atoms with Crippen molar-refractivity contribution in [3.05, 3.63) is 114 Å². The Bertz CT molecular complexity index is 1400. The van der Waals surface area contributed by atoms with Gasteiger partial charge in [-0.2, -0.15) is 0 Å². The molecule has 1 saturated carbocycles. The summed E-state index contributed by atoms with van der Waals surface area (Å²) < 4.78 is 42.6. The topological polar surface area (TPSA) is 44.2 Å². The Labute approximate surface area is 237 Å². The molecule has 1 fully saturated rings. The highest BCUT2D eigenvalue weighted by Crippen LogP contribution is 2.59. The number of ether oxygens (including phenoxy) is 1. The summed E-state index contributed by atoms with van der Waals surface area (Å²) in [6.45, 7) is 10.4. The van der Waals surface area contributed by atoms with Crippen molar-refractivity contribution < 1.29 is 17.9 Å². The van der Waals surface area contributed by atoms with Gasteiger partial charge in [0.1, 0.15) is 17.5 Å². The Kier molecular flexibility index (Phi) is 7.89. The first kappa shape index (κ1) is 28.1. The molecule has 1 aliphatic rings. The van der Waals surface area contributed by atoms with E-state index in [-0.39, 0.29) is 24.0 Å². The lowest BCUT2D eigenvalue weighted by Crippen LogP contribution is -2.51. The maximum absolute atomic E-state index is 14.5. The Balaban J connectivity index is 1.53. The van der Waals surface area contributed by atoms with Gasteiger partial charge in [-0.1, -0.05) is 81.4 Å². The molecule has 1 radical (unpaired) electrons. The molecule has 3 aromatic carbocycles. The largest absolute Gasteiger partial charge is 0.489 e. The fourth-order valence-electron chi connectivity index (χ4n) is 5.54. The monoisotopic (exact) mass is 557 g/mol. The molecule has 7 heteroatoms. The predicted molar refractivity (Wildman–Crippen MR) is 155 cm³/mol. The predicted octanol–water partition coefficient (Wildman–Crippen LogP) is 5.95. The van der Waals surface area contributed by atoms with Crippen molar-refractivity contribution in [3.8, 4) is 5.75 Å². The summed E-state index contributed by atoms with van der Waals surface area (Å²) in [5.41, 5.74) is 0.443. The van der Waals surface area contributed by atoms with E-state index < -0.39 is 26.1 Å². The number of hydrogen-bond donors (Lipinski definition) is 0. The third-order valence-electron chi connectivity index (χ3n) is 7.65. The minimum absolute atomic E-state index is 0.0206. The molecule has 0 bridgehead atoms. The summed E-state index contributed by atoms with van der Waals surface area (Å²) in [5, 5.41) is 2.30. The van der Waals surface area contributed by atoms with Crippen LogP contribution in [0.15, 0.2) is 85.1 Å². The van der Waals surface area contributed by atoms with Gasteiger partial charge in [0.25, 0.3) is 9.04 Å². The first-order chi connectivity index (χ1) is 19.1. The van der Waals surface area contributed by atoms with E-state index >= 15 is 0 Å². The van der Waals surface area contributed by atoms with Crippen LogP contribution in [0.3, 0.4) is 0 Å². The second kappa shape index (κ2) is 11.2. The summed E-state index contributed by atoms with van der Waals surface area (Å²) in [6, 6.07) is 24.4. The fourth-order valence-corrected chi connectivity index (χ4v) is 7.91. The second-order valence-corrected chi connectivity index (χ2v) is 13.8. The van der Waals surface area contributed by atoms with Crippen LogP contribution in [0.1, 0.15) is 44.3 Å². The van der Waals surface area contributed by atoms with E-state index in [0.29, 0.717) is 23.6 Å². The molecule has 1 aliphatic carbocycles. The lowest BCUT2D eigenvalue weighted by Gasteiger charge is -2.36. The van der Waals surface area contributed by atoms with Gasteiger partial charge in [0, 0.05) is 11.5 Å². The molecule has 0 spiro atoms. The number of nitrogens with zero attached hydrogens (tertiary/aromatic N) is 2. The zero-order valence-electron chi connectivity index (χ0n) is 23.6. The first-order valence-corrected chi connectivity index (χ1v) is 15.0. The number of halogens is 2. The lowest BCUT2D eigenvalue weighted by molar-refractivity contribution is 0.0575. The molecule has 5 rings (SSSR count). The number of hydrogen-bond acceptors (Lipinski definition) is 4. The summed E-state index contributed by atoms with van der Waals surface area (Å²) in [5.74, 6) is 0.0171. The van der Waals surface area contributed by atoms with Crippen LogP contribution >= 0.6 is 0 Å². The van der Waals surface area contributed by atoms with E-state index in [1.165, 1.54) is 12.1 Å². The highest BCUT2D eigenvalue weighted by molar-refractivity contribution is 6.80. The molecular weight excluding hydrogens is 522 g/mol. The van der Waals surface area contributed by atoms with E-state index in [4.69, 9.17) is 9.16 Å². The average Bonchev–Trinajstić information content (AvgIpc) is 3.63. The Morgan fingerprint density at radius 2 is 1.50 bits per heavy atom. The van der Waals surface area contributed by atoms with Gasteiger partial charge < -0.3 is 9.16 Å². The Hall–Kier alpha value is -3.42. The molecule has 0 amide bonds. The van der Waals surface area contributed by atoms with E-state index in [9.17, 15) is 8.78 Å². The Morgan fingerprint density at radius 3 is 2.02 bits per heavy atom. The molecule has 4 aromatic rings. The van der Waals surface area contributed by atoms with Crippen molar-refractivity contribution in [2.45, 2.75) is 52.6 Å². The van der Waals surface area contributed by atoms with Crippen LogP contribution in [0.5, 0.6) is 5.75 Å². The van der Waals surface area contributed by atoms with Gasteiger partial charge in [0.2, 0.25) is 0 Å². The van der Waals surface area contributed by atoms with Crippen LogP contribution in [0.25, 0.3) is 0 Å². The summed E-state index contributed by atoms with van der Waals surface area (Å²) in [4.78, 5) is 8.70. The van der Waals surface area contributed by atoms with E-state index in [1.807, 2.05) is 50.2 Å². The van der Waals surface area contributed by atoms with Crippen molar-refractivity contribution in [2.24, 2.45) is 11.3 Å². The number of rotatable bonds is 9. The molecule has 1 aromatic heterocycles. The molecule has 1 heterocycles. The highest BCUT2D eigenvalue weighted by Gasteiger charge is 2.62. The van der Waals surface area contributed by atoms with Gasteiger partial charge in [0.15, 0.2) is 5.75 Å². The molecule has 1 unspecified atom stereocenters. The SMILES string of the molecule is Cc1ncc(OC[C@@]2(c3cc(F)cc(F)c3)C[C@H]2C(O[Si](c2ccccc2)c2ccccc2)C(C)(C)C)c(C)n1. The minimum Gasteiger partial charge on any atom is -0.489 e. The van der Waals surface area contributed by atoms with Gasteiger partial charge in [0.05, 0.1) is 24.6 Å². The van der Waals surface area contributed by atoms with Crippen molar-refractivity contribution in [3.63, 3.8) is 0 Å². The average molecular weight is 558 g/mol. The van der Waals surface area contributed by atoms with Gasteiger partial charge in [-0.05, 0) is 59.7 Å². The summed E-state index contributed by atoms with van der Waals surface area (Å²) in [7, 11) is -1.62. The third-order valence-corrected chi connectivity index (χ3v) is 9.85. The highest BCUT2D eigenvalue weighted by atomic mass is 28.3. The number of benzene rings is 3. The number of aromatic nitrogens is 2. The van der Waals surface area contributed by atoms with Gasteiger partial charge in [-0.15, -0.1) is 0 Å². The van der Waals surface area contributed by atoms with Gasteiger partial charge in [-0.25, -0.2) is 18.7 Å². The molecule has 0 saturated heterocycles. The second-order valence-electron chi connectivity index (χ2n) is 11.7. The van der Waals surface area contributed by atoms with E-state index in [0.717, 1.165) is 22.1 Å². The van der Waals surface area contributed by atoms with Crippen LogP contribution in [-0.2, 0) is 9.84 Å². The van der Waals surface area contributed by atoms with Gasteiger partial charge in [-0.3, -0.25) is 0 Å². The maximum Gasteiger partial charge on any atom is 0.283 e. The van der Waals surface area contributed by atoms with Crippen LogP contribution in [0, 0.1) is 36.8 Å². The standard InChI is InChI=1S/C33H35F2N2O2Si/c1-22-30(20-36-23(2)37-22)38-21-33(24-16-25(34)18-26(35)17-24)19-29(33)31(32(3,4)5)39-40(27-12-8-6-9-13-27)28-14-10-7-11-15-28/h6-18,20,29,31H,19,21H2,1-5H3/t29-,31?,33+/m0/s1. The van der Waals surface area contributed by atoms with E-state index in [1.54, 1.807) is 6.20 Å². The summed E-state index contributed by atoms with van der Waals surface area (Å²) in [6.07, 6.45) is 2.15. The molecule has 0 N–H and O–H groups in total. The molecule has 4 nitrogen and oxygen atoms in total. The molecular formula is C33H35F2N2O2Si. The molecule has 207 valence electrons. The van der Waals surface area contributed by atoms with Crippen molar-refractivity contribution in [1.29, 1.82) is 0 Å². The smallest absolute Gasteiger partial charge is 0.283 e. The molecule has 0 aliphatic heterocycles. The zero-order valence-corrected chi connectivity index (χ0v) is 24.6. The third kappa shape index (κ3) is 6.00. The molecule has 40 heavy (non-hydrogen) atoms. The maximum atomic E-state index is 14.5.